The number of hydrogen-bond donors (Lipinski definition) is 2. The van der Waals surface area contributed by atoms with Crippen molar-refractivity contribution in [2.24, 2.45) is 11.7 Å². The third kappa shape index (κ3) is 1.20. The summed E-state index contributed by atoms with van der Waals surface area (Å²) in [6.45, 7) is 0. The molecule has 0 amide bonds. The number of hydrogen-bond acceptors (Lipinski definition) is 2. The fraction of sp³-hybridized carbons (Fsp3) is 0.556. The standard InChI is InChI=1S/C9H14N2O/c1-12-8-5-11-4-7(8)9(10)6-2-3-6/h4-6,9,11H,2-3,10H2,1H3/t9-/m1/s1. The number of rotatable bonds is 3. The lowest BCUT2D eigenvalue weighted by Crippen LogP contribution is -2.12. The topological polar surface area (TPSA) is 51.0 Å². The Labute approximate surface area is 71.9 Å². The van der Waals surface area contributed by atoms with Crippen LogP contribution in [0.4, 0.5) is 0 Å². The Balaban J connectivity index is 2.19. The van der Waals surface area contributed by atoms with Gasteiger partial charge in [0.05, 0.1) is 7.11 Å². The van der Waals surface area contributed by atoms with Crippen molar-refractivity contribution in [2.75, 3.05) is 7.11 Å². The Morgan fingerprint density at radius 2 is 2.33 bits per heavy atom. The van der Waals surface area contributed by atoms with Crippen LogP contribution in [-0.2, 0) is 0 Å². The summed E-state index contributed by atoms with van der Waals surface area (Å²) < 4.78 is 5.17. The van der Waals surface area contributed by atoms with E-state index in [1.54, 1.807) is 7.11 Å². The molecule has 3 nitrogen and oxygen atoms in total. The summed E-state index contributed by atoms with van der Waals surface area (Å²) in [6, 6.07) is 0.159. The van der Waals surface area contributed by atoms with Crippen molar-refractivity contribution in [3.05, 3.63) is 18.0 Å². The second kappa shape index (κ2) is 2.83. The zero-order valence-corrected chi connectivity index (χ0v) is 7.21. The predicted octanol–water partition coefficient (Wildman–Crippen LogP) is 1.43. The molecule has 0 aromatic carbocycles. The van der Waals surface area contributed by atoms with Crippen LogP contribution in [0.5, 0.6) is 5.75 Å². The molecule has 3 heteroatoms. The van der Waals surface area contributed by atoms with E-state index < -0.39 is 0 Å². The smallest absolute Gasteiger partial charge is 0.141 e. The fourth-order valence-electron chi connectivity index (χ4n) is 1.51. The highest BCUT2D eigenvalue weighted by Gasteiger charge is 2.31. The molecule has 12 heavy (non-hydrogen) atoms. The highest BCUT2D eigenvalue weighted by molar-refractivity contribution is 5.33. The average molecular weight is 166 g/mol. The second-order valence-corrected chi connectivity index (χ2v) is 3.34. The summed E-state index contributed by atoms with van der Waals surface area (Å²) in [5, 5.41) is 0. The summed E-state index contributed by atoms with van der Waals surface area (Å²) in [6.07, 6.45) is 6.30. The van der Waals surface area contributed by atoms with Crippen molar-refractivity contribution in [3.63, 3.8) is 0 Å². The predicted molar refractivity (Wildman–Crippen MR) is 47.0 cm³/mol. The first kappa shape index (κ1) is 7.68. The molecule has 0 saturated heterocycles. The maximum Gasteiger partial charge on any atom is 0.141 e. The lowest BCUT2D eigenvalue weighted by atomic mass is 10.1. The number of nitrogens with two attached hydrogens (primary N) is 1. The first-order valence-electron chi connectivity index (χ1n) is 4.29. The molecule has 1 aliphatic rings. The van der Waals surface area contributed by atoms with Gasteiger partial charge in [-0.25, -0.2) is 0 Å². The van der Waals surface area contributed by atoms with Crippen LogP contribution in [0.15, 0.2) is 12.4 Å². The first-order valence-corrected chi connectivity index (χ1v) is 4.29. The van der Waals surface area contributed by atoms with Gasteiger partial charge in [0.1, 0.15) is 5.75 Å². The van der Waals surface area contributed by atoms with Crippen molar-refractivity contribution in [1.29, 1.82) is 0 Å². The fourth-order valence-corrected chi connectivity index (χ4v) is 1.51. The van der Waals surface area contributed by atoms with E-state index in [-0.39, 0.29) is 6.04 Å². The molecule has 1 aromatic rings. The normalized spacial score (nSPS) is 19.2. The molecular weight excluding hydrogens is 152 g/mol. The molecule has 2 rings (SSSR count). The summed E-state index contributed by atoms with van der Waals surface area (Å²) in [7, 11) is 1.67. The summed E-state index contributed by atoms with van der Waals surface area (Å²) in [5.41, 5.74) is 7.13. The van der Waals surface area contributed by atoms with Gasteiger partial charge in [0, 0.05) is 24.0 Å². The number of aromatic amines is 1. The Morgan fingerprint density at radius 1 is 1.58 bits per heavy atom. The van der Waals surface area contributed by atoms with Crippen LogP contribution in [0.2, 0.25) is 0 Å². The summed E-state index contributed by atoms with van der Waals surface area (Å²) in [4.78, 5) is 3.01. The Hall–Kier alpha value is -0.960. The molecule has 0 aliphatic heterocycles. The van der Waals surface area contributed by atoms with Gasteiger partial charge in [-0.1, -0.05) is 0 Å². The van der Waals surface area contributed by atoms with E-state index in [1.807, 2.05) is 12.4 Å². The lowest BCUT2D eigenvalue weighted by Gasteiger charge is -2.09. The zero-order chi connectivity index (χ0) is 8.55. The monoisotopic (exact) mass is 166 g/mol. The minimum Gasteiger partial charge on any atom is -0.495 e. The van der Waals surface area contributed by atoms with Crippen molar-refractivity contribution < 1.29 is 4.74 Å². The SMILES string of the molecule is COc1c[nH]cc1[C@H](N)C1CC1. The van der Waals surface area contributed by atoms with E-state index in [0.29, 0.717) is 5.92 Å². The molecule has 3 N–H and O–H groups in total. The molecule has 1 heterocycles. The van der Waals surface area contributed by atoms with Gasteiger partial charge in [0.25, 0.3) is 0 Å². The third-order valence-corrected chi connectivity index (χ3v) is 2.45. The van der Waals surface area contributed by atoms with Gasteiger partial charge in [-0.3, -0.25) is 0 Å². The van der Waals surface area contributed by atoms with Gasteiger partial charge < -0.3 is 15.5 Å². The molecule has 0 bridgehead atoms. The number of nitrogens with one attached hydrogen (secondary N) is 1. The zero-order valence-electron chi connectivity index (χ0n) is 7.21. The molecular formula is C9H14N2O. The Bertz CT molecular complexity index is 265. The lowest BCUT2D eigenvalue weighted by molar-refractivity contribution is 0.404. The highest BCUT2D eigenvalue weighted by atomic mass is 16.5. The van der Waals surface area contributed by atoms with Gasteiger partial charge in [0.2, 0.25) is 0 Å². The van der Waals surface area contributed by atoms with Crippen LogP contribution in [0, 0.1) is 5.92 Å². The summed E-state index contributed by atoms with van der Waals surface area (Å²) >= 11 is 0. The van der Waals surface area contributed by atoms with Crippen molar-refractivity contribution in [3.8, 4) is 5.75 Å². The number of methoxy groups -OCH3 is 1. The average Bonchev–Trinajstić information content (AvgIpc) is 2.82. The van der Waals surface area contributed by atoms with Crippen molar-refractivity contribution in [1.82, 2.24) is 4.98 Å². The van der Waals surface area contributed by atoms with Crippen LogP contribution in [0.1, 0.15) is 24.4 Å². The maximum absolute atomic E-state index is 6.02. The van der Waals surface area contributed by atoms with Crippen molar-refractivity contribution >= 4 is 0 Å². The third-order valence-electron chi connectivity index (χ3n) is 2.45. The highest BCUT2D eigenvalue weighted by Crippen LogP contribution is 2.41. The second-order valence-electron chi connectivity index (χ2n) is 3.34. The molecule has 1 fully saturated rings. The Kier molecular flexibility index (Phi) is 1.81. The van der Waals surface area contributed by atoms with Crippen LogP contribution in [-0.4, -0.2) is 12.1 Å². The quantitative estimate of drug-likeness (QED) is 0.713. The molecule has 0 radical (unpaired) electrons. The van der Waals surface area contributed by atoms with Crippen LogP contribution < -0.4 is 10.5 Å². The van der Waals surface area contributed by atoms with Gasteiger partial charge in [-0.05, 0) is 18.8 Å². The van der Waals surface area contributed by atoms with Crippen LogP contribution in [0.25, 0.3) is 0 Å². The van der Waals surface area contributed by atoms with E-state index in [2.05, 4.69) is 4.98 Å². The van der Waals surface area contributed by atoms with E-state index in [9.17, 15) is 0 Å². The molecule has 0 spiro atoms. The van der Waals surface area contributed by atoms with E-state index in [0.717, 1.165) is 11.3 Å². The molecule has 66 valence electrons. The van der Waals surface area contributed by atoms with Crippen LogP contribution >= 0.6 is 0 Å². The minimum absolute atomic E-state index is 0.159. The number of ether oxygens (including phenoxy) is 1. The van der Waals surface area contributed by atoms with Crippen molar-refractivity contribution in [2.45, 2.75) is 18.9 Å². The minimum atomic E-state index is 0.159. The van der Waals surface area contributed by atoms with Gasteiger partial charge >= 0.3 is 0 Å². The van der Waals surface area contributed by atoms with E-state index >= 15 is 0 Å². The maximum atomic E-state index is 6.02. The largest absolute Gasteiger partial charge is 0.495 e. The first-order chi connectivity index (χ1) is 5.83. The summed E-state index contributed by atoms with van der Waals surface area (Å²) in [5.74, 6) is 1.56. The molecule has 1 aromatic heterocycles. The van der Waals surface area contributed by atoms with Gasteiger partial charge in [-0.2, -0.15) is 0 Å². The Morgan fingerprint density at radius 3 is 2.92 bits per heavy atom. The van der Waals surface area contributed by atoms with Crippen LogP contribution in [0.3, 0.4) is 0 Å². The van der Waals surface area contributed by atoms with Gasteiger partial charge in [-0.15, -0.1) is 0 Å². The molecule has 1 saturated carbocycles. The number of H-pyrrole nitrogens is 1. The van der Waals surface area contributed by atoms with E-state index in [1.165, 1.54) is 12.8 Å². The van der Waals surface area contributed by atoms with E-state index in [4.69, 9.17) is 10.5 Å². The number of aromatic nitrogens is 1. The molecule has 0 unspecified atom stereocenters. The molecule has 1 aliphatic carbocycles. The van der Waals surface area contributed by atoms with Gasteiger partial charge in [0.15, 0.2) is 0 Å². The molecule has 1 atom stereocenters.